The van der Waals surface area contributed by atoms with Gasteiger partial charge in [0, 0.05) is 35.0 Å². The third-order valence-corrected chi connectivity index (χ3v) is 9.29. The zero-order valence-corrected chi connectivity index (χ0v) is 23.5. The maximum Gasteiger partial charge on any atom is 0.274 e. The topological polar surface area (TPSA) is 141 Å². The van der Waals surface area contributed by atoms with Crippen molar-refractivity contribution in [2.45, 2.75) is 29.3 Å². The molecular formula is C27H27ClN4O7S. The monoisotopic (exact) mass is 586 g/mol. The highest BCUT2D eigenvalue weighted by Crippen LogP contribution is 2.54. The third-order valence-electron chi connectivity index (χ3n) is 7.32. The molecule has 0 radical (unpaired) electrons. The molecule has 210 valence electrons. The van der Waals surface area contributed by atoms with E-state index in [1.54, 1.807) is 17.0 Å². The number of hydrogen-bond donors (Lipinski definition) is 1. The lowest BCUT2D eigenvalue weighted by Crippen LogP contribution is -2.58. The van der Waals surface area contributed by atoms with E-state index in [4.69, 9.17) is 31.5 Å². The number of likely N-dealkylation sites (tertiary alicyclic amines) is 1. The average Bonchev–Trinajstić information content (AvgIpc) is 3.54. The van der Waals surface area contributed by atoms with Crippen molar-refractivity contribution < 1.29 is 32.2 Å². The number of nitrogens with zero attached hydrogens (tertiary/aromatic N) is 3. The number of rotatable bonds is 8. The van der Waals surface area contributed by atoms with Crippen molar-refractivity contribution in [3.05, 3.63) is 70.9 Å². The highest BCUT2D eigenvalue weighted by atomic mass is 35.5. The first-order chi connectivity index (χ1) is 19.1. The van der Waals surface area contributed by atoms with Crippen LogP contribution in [0.1, 0.15) is 24.0 Å². The first kappa shape index (κ1) is 27.7. The summed E-state index contributed by atoms with van der Waals surface area (Å²) in [7, 11) is -0.441. The molecule has 11 nitrogen and oxygen atoms in total. The molecular weight excluding hydrogens is 560 g/mol. The van der Waals surface area contributed by atoms with Gasteiger partial charge in [-0.25, -0.2) is 17.7 Å². The van der Waals surface area contributed by atoms with Gasteiger partial charge in [0.2, 0.25) is 11.8 Å². The molecule has 1 saturated heterocycles. The van der Waals surface area contributed by atoms with Crippen LogP contribution < -0.4 is 24.2 Å². The fourth-order valence-electron chi connectivity index (χ4n) is 5.66. The Balaban J connectivity index is 1.85. The Labute approximate surface area is 236 Å². The lowest BCUT2D eigenvalue weighted by atomic mass is 9.81. The summed E-state index contributed by atoms with van der Waals surface area (Å²) in [5.41, 5.74) is 4.51. The van der Waals surface area contributed by atoms with Crippen LogP contribution in [0.3, 0.4) is 0 Å². The van der Waals surface area contributed by atoms with Gasteiger partial charge >= 0.3 is 0 Å². The molecule has 3 heterocycles. The maximum absolute atomic E-state index is 14.9. The first-order valence-corrected chi connectivity index (χ1v) is 14.1. The number of fused-ring (bicyclic) bond motifs is 1. The van der Waals surface area contributed by atoms with Crippen LogP contribution >= 0.6 is 11.6 Å². The summed E-state index contributed by atoms with van der Waals surface area (Å²) in [5.74, 6) is -1.07. The highest BCUT2D eigenvalue weighted by Gasteiger charge is 2.63. The summed E-state index contributed by atoms with van der Waals surface area (Å²) in [6.07, 6.45) is 2.41. The maximum atomic E-state index is 14.9. The van der Waals surface area contributed by atoms with Gasteiger partial charge in [-0.1, -0.05) is 11.6 Å². The standard InChI is InChI=1S/C27H27ClN4O7S/c1-37-17-9-11-23(22(15-17)38-2)40(35,36)32-20-10-8-16(28)14-19(20)27(26(32)34,18-6-4-12-30-25(18)39-3)31-13-5-7-21(31)24(29)33/h4,6,8-12,14-15,21H,5,7,13H2,1-3H3,(H2,29,33)/t21-,27?/m0/s1. The number of primary amides is 1. The van der Waals surface area contributed by atoms with Crippen molar-refractivity contribution in [3.8, 4) is 17.4 Å². The Kier molecular flexibility index (Phi) is 7.11. The predicted octanol–water partition coefficient (Wildman–Crippen LogP) is 2.69. The molecule has 2 aromatic carbocycles. The number of carbonyl (C=O) groups is 2. The van der Waals surface area contributed by atoms with E-state index in [0.29, 0.717) is 18.6 Å². The number of anilines is 1. The smallest absolute Gasteiger partial charge is 0.274 e. The molecule has 2 amide bonds. The zero-order chi connectivity index (χ0) is 28.8. The molecule has 5 rings (SSSR count). The minimum atomic E-state index is -4.59. The number of amides is 2. The molecule has 40 heavy (non-hydrogen) atoms. The molecule has 13 heteroatoms. The number of hydrogen-bond acceptors (Lipinski definition) is 9. The van der Waals surface area contributed by atoms with Crippen molar-refractivity contribution in [2.24, 2.45) is 5.73 Å². The molecule has 0 aliphatic carbocycles. The number of benzene rings is 2. The number of carbonyl (C=O) groups excluding carboxylic acids is 2. The Morgan fingerprint density at radius 1 is 1.07 bits per heavy atom. The number of methoxy groups -OCH3 is 3. The van der Waals surface area contributed by atoms with Gasteiger partial charge in [0.1, 0.15) is 16.4 Å². The quantitative estimate of drug-likeness (QED) is 0.421. The SMILES string of the molecule is COc1ccc(S(=O)(=O)N2C(=O)C(c3cccnc3OC)(N3CCC[C@H]3C(N)=O)c3cc(Cl)ccc32)c(OC)c1. The molecule has 2 atom stereocenters. The average molecular weight is 587 g/mol. The molecule has 2 N–H and O–H groups in total. The molecule has 2 aliphatic rings. The fourth-order valence-corrected chi connectivity index (χ4v) is 7.43. The second kappa shape index (κ2) is 10.3. The predicted molar refractivity (Wildman–Crippen MR) is 146 cm³/mol. The van der Waals surface area contributed by atoms with E-state index in [0.717, 1.165) is 4.31 Å². The molecule has 0 spiro atoms. The van der Waals surface area contributed by atoms with Crippen molar-refractivity contribution in [1.29, 1.82) is 0 Å². The minimum absolute atomic E-state index is 0.0182. The minimum Gasteiger partial charge on any atom is -0.497 e. The van der Waals surface area contributed by atoms with E-state index in [9.17, 15) is 18.0 Å². The number of ether oxygens (including phenoxy) is 3. The normalized spacial score (nSPS) is 20.9. The Morgan fingerprint density at radius 3 is 2.52 bits per heavy atom. The fraction of sp³-hybridized carbons (Fsp3) is 0.296. The number of halogens is 1. The van der Waals surface area contributed by atoms with Crippen LogP contribution in [0.5, 0.6) is 17.4 Å². The number of aromatic nitrogens is 1. The van der Waals surface area contributed by atoms with Crippen molar-refractivity contribution in [3.63, 3.8) is 0 Å². The Hall–Kier alpha value is -3.87. The van der Waals surface area contributed by atoms with E-state index in [-0.39, 0.29) is 44.9 Å². The van der Waals surface area contributed by atoms with E-state index in [1.165, 1.54) is 63.9 Å². The zero-order valence-electron chi connectivity index (χ0n) is 22.0. The van der Waals surface area contributed by atoms with E-state index in [1.807, 2.05) is 0 Å². The van der Waals surface area contributed by atoms with Crippen LogP contribution in [0.25, 0.3) is 0 Å². The summed E-state index contributed by atoms with van der Waals surface area (Å²) < 4.78 is 45.6. The molecule has 3 aromatic rings. The van der Waals surface area contributed by atoms with Gasteiger partial charge in [0.25, 0.3) is 15.9 Å². The number of nitrogens with two attached hydrogens (primary N) is 1. The molecule has 0 bridgehead atoms. The summed E-state index contributed by atoms with van der Waals surface area (Å²) >= 11 is 6.45. The van der Waals surface area contributed by atoms with Crippen LogP contribution in [0.15, 0.2) is 59.6 Å². The first-order valence-electron chi connectivity index (χ1n) is 12.3. The third kappa shape index (κ3) is 3.97. The van der Waals surface area contributed by atoms with Crippen LogP contribution in [-0.2, 0) is 25.2 Å². The van der Waals surface area contributed by atoms with Crippen molar-refractivity contribution >= 4 is 39.1 Å². The summed E-state index contributed by atoms with van der Waals surface area (Å²) in [6, 6.07) is 11.0. The lowest BCUT2D eigenvalue weighted by Gasteiger charge is -2.40. The molecule has 1 fully saturated rings. The van der Waals surface area contributed by atoms with Crippen molar-refractivity contribution in [2.75, 3.05) is 32.2 Å². The second-order valence-electron chi connectivity index (χ2n) is 9.28. The molecule has 2 aliphatic heterocycles. The van der Waals surface area contributed by atoms with Crippen LogP contribution in [0, 0.1) is 0 Å². The van der Waals surface area contributed by atoms with E-state index in [2.05, 4.69) is 4.98 Å². The highest BCUT2D eigenvalue weighted by molar-refractivity contribution is 7.93. The van der Waals surface area contributed by atoms with Gasteiger partial charge in [-0.2, -0.15) is 0 Å². The van der Waals surface area contributed by atoms with E-state index >= 15 is 0 Å². The summed E-state index contributed by atoms with van der Waals surface area (Å²) in [6.45, 7) is 0.267. The van der Waals surface area contributed by atoms with Gasteiger partial charge in [-0.15, -0.1) is 0 Å². The molecule has 1 unspecified atom stereocenters. The summed E-state index contributed by atoms with van der Waals surface area (Å²) in [5, 5.41) is 0.259. The van der Waals surface area contributed by atoms with E-state index < -0.39 is 33.4 Å². The van der Waals surface area contributed by atoms with Gasteiger partial charge in [0.05, 0.1) is 33.1 Å². The van der Waals surface area contributed by atoms with Gasteiger partial charge in [0.15, 0.2) is 5.54 Å². The molecule has 0 saturated carbocycles. The Bertz CT molecular complexity index is 1620. The van der Waals surface area contributed by atoms with Gasteiger partial charge in [-0.3, -0.25) is 14.5 Å². The largest absolute Gasteiger partial charge is 0.497 e. The van der Waals surface area contributed by atoms with Crippen LogP contribution in [-0.4, -0.2) is 64.0 Å². The van der Waals surface area contributed by atoms with Gasteiger partial charge < -0.3 is 19.9 Å². The number of sulfonamides is 1. The van der Waals surface area contributed by atoms with Crippen LogP contribution in [0.2, 0.25) is 5.02 Å². The summed E-state index contributed by atoms with van der Waals surface area (Å²) in [4.78, 5) is 33.3. The van der Waals surface area contributed by atoms with Gasteiger partial charge in [-0.05, 0) is 55.3 Å². The van der Waals surface area contributed by atoms with Crippen molar-refractivity contribution in [1.82, 2.24) is 9.88 Å². The lowest BCUT2D eigenvalue weighted by molar-refractivity contribution is -0.131. The second-order valence-corrected chi connectivity index (χ2v) is 11.5. The number of pyridine rings is 1. The molecule has 1 aromatic heterocycles. The Morgan fingerprint density at radius 2 is 1.85 bits per heavy atom. The van der Waals surface area contributed by atoms with Crippen LogP contribution in [0.4, 0.5) is 5.69 Å².